The minimum absolute atomic E-state index is 0.0569. The number of hydrogen-bond donors (Lipinski definition) is 1. The van der Waals surface area contributed by atoms with Gasteiger partial charge in [-0.15, -0.1) is 0 Å². The Morgan fingerprint density at radius 3 is 2.95 bits per heavy atom. The zero-order valence-electron chi connectivity index (χ0n) is 11.3. The number of nitrogens with zero attached hydrogens (tertiary/aromatic N) is 2. The van der Waals surface area contributed by atoms with E-state index in [0.717, 1.165) is 11.0 Å². The van der Waals surface area contributed by atoms with E-state index >= 15 is 0 Å². The van der Waals surface area contributed by atoms with Gasteiger partial charge >= 0.3 is 0 Å². The fourth-order valence-corrected chi connectivity index (χ4v) is 2.10. The molecule has 0 saturated heterocycles. The van der Waals surface area contributed by atoms with Gasteiger partial charge in [-0.05, 0) is 24.3 Å². The average molecular weight is 320 g/mol. The van der Waals surface area contributed by atoms with Crippen LogP contribution in [0.2, 0.25) is 5.02 Å². The number of carbonyl (C=O) groups excluding carboxylic acids is 1. The van der Waals surface area contributed by atoms with Crippen molar-refractivity contribution < 1.29 is 13.9 Å². The predicted molar refractivity (Wildman–Crippen MR) is 81.0 cm³/mol. The van der Waals surface area contributed by atoms with Crippen molar-refractivity contribution in [1.29, 1.82) is 0 Å². The summed E-state index contributed by atoms with van der Waals surface area (Å²) in [5.41, 5.74) is 4.19. The molecule has 0 aliphatic carbocycles. The largest absolute Gasteiger partial charge is 0.484 e. The van der Waals surface area contributed by atoms with Gasteiger partial charge in [0.1, 0.15) is 17.9 Å². The summed E-state index contributed by atoms with van der Waals surface area (Å²) in [6.45, 7) is -0.228. The van der Waals surface area contributed by atoms with E-state index in [-0.39, 0.29) is 17.5 Å². The van der Waals surface area contributed by atoms with Gasteiger partial charge in [-0.3, -0.25) is 10.2 Å². The quantitative estimate of drug-likeness (QED) is 0.804. The molecule has 2 aromatic carbocycles. The number of hydrogen-bond acceptors (Lipinski definition) is 3. The van der Waals surface area contributed by atoms with Crippen LogP contribution in [0.3, 0.4) is 0 Å². The van der Waals surface area contributed by atoms with Gasteiger partial charge in [0, 0.05) is 6.07 Å². The SMILES string of the molecule is O=C(COc1ccc(F)c(Cl)c1)Nn1cnc2ccccc21. The second kappa shape index (κ2) is 6.03. The zero-order valence-corrected chi connectivity index (χ0v) is 12.0. The Hall–Kier alpha value is -2.60. The molecule has 3 rings (SSSR count). The number of benzene rings is 2. The number of nitrogens with one attached hydrogen (secondary N) is 1. The van der Waals surface area contributed by atoms with Crippen molar-refractivity contribution in [2.45, 2.75) is 0 Å². The number of amides is 1. The second-order valence-corrected chi connectivity index (χ2v) is 4.91. The van der Waals surface area contributed by atoms with Gasteiger partial charge < -0.3 is 4.74 Å². The standard InChI is InChI=1S/C15H11ClFN3O2/c16-11-7-10(5-6-12(11)17)22-8-15(21)19-20-9-18-13-3-1-2-4-14(13)20/h1-7,9H,8H2,(H,19,21). The smallest absolute Gasteiger partial charge is 0.276 e. The highest BCUT2D eigenvalue weighted by atomic mass is 35.5. The second-order valence-electron chi connectivity index (χ2n) is 4.50. The number of rotatable bonds is 4. The molecule has 0 aliphatic heterocycles. The lowest BCUT2D eigenvalue weighted by atomic mass is 10.3. The van der Waals surface area contributed by atoms with Crippen molar-refractivity contribution in [3.05, 3.63) is 59.6 Å². The van der Waals surface area contributed by atoms with Crippen molar-refractivity contribution in [1.82, 2.24) is 9.66 Å². The first-order valence-corrected chi connectivity index (χ1v) is 6.81. The number of fused-ring (bicyclic) bond motifs is 1. The molecule has 22 heavy (non-hydrogen) atoms. The van der Waals surface area contributed by atoms with E-state index in [4.69, 9.17) is 16.3 Å². The number of halogens is 2. The third-order valence-corrected chi connectivity index (χ3v) is 3.25. The van der Waals surface area contributed by atoms with Gasteiger partial charge in [-0.1, -0.05) is 23.7 Å². The first kappa shape index (κ1) is 14.3. The molecule has 5 nitrogen and oxygen atoms in total. The number of aromatic nitrogens is 2. The summed E-state index contributed by atoms with van der Waals surface area (Å²) in [6.07, 6.45) is 1.51. The summed E-state index contributed by atoms with van der Waals surface area (Å²) in [5.74, 6) is -0.594. The van der Waals surface area contributed by atoms with Gasteiger partial charge in [0.2, 0.25) is 0 Å². The highest BCUT2D eigenvalue weighted by molar-refractivity contribution is 6.30. The van der Waals surface area contributed by atoms with Gasteiger partial charge in [-0.2, -0.15) is 0 Å². The topological polar surface area (TPSA) is 56.1 Å². The Bertz CT molecular complexity index is 835. The van der Waals surface area contributed by atoms with Crippen LogP contribution in [0.5, 0.6) is 5.75 Å². The molecule has 0 fully saturated rings. The molecule has 0 saturated carbocycles. The maximum absolute atomic E-state index is 13.0. The monoisotopic (exact) mass is 319 g/mol. The molecule has 0 spiro atoms. The minimum atomic E-state index is -0.539. The molecule has 1 amide bonds. The first-order chi connectivity index (χ1) is 10.6. The molecule has 0 radical (unpaired) electrons. The molecule has 7 heteroatoms. The third-order valence-electron chi connectivity index (χ3n) is 2.96. The molecule has 0 unspecified atom stereocenters. The Kier molecular flexibility index (Phi) is 3.93. The van der Waals surface area contributed by atoms with Gasteiger partial charge in [0.25, 0.3) is 5.91 Å². The van der Waals surface area contributed by atoms with Crippen molar-refractivity contribution in [2.75, 3.05) is 12.0 Å². The lowest BCUT2D eigenvalue weighted by Gasteiger charge is -2.09. The van der Waals surface area contributed by atoms with E-state index in [1.54, 1.807) is 0 Å². The minimum Gasteiger partial charge on any atom is -0.484 e. The average Bonchev–Trinajstić information content (AvgIpc) is 2.92. The molecule has 1 heterocycles. The normalized spacial score (nSPS) is 10.6. The van der Waals surface area contributed by atoms with Gasteiger partial charge in [-0.25, -0.2) is 14.1 Å². The third kappa shape index (κ3) is 3.01. The zero-order chi connectivity index (χ0) is 15.5. The molecule has 0 atom stereocenters. The lowest BCUT2D eigenvalue weighted by molar-refractivity contribution is -0.119. The fraction of sp³-hybridized carbons (Fsp3) is 0.0667. The summed E-state index contributed by atoms with van der Waals surface area (Å²) < 4.78 is 19.8. The molecule has 1 N–H and O–H groups in total. The van der Waals surface area contributed by atoms with E-state index < -0.39 is 5.82 Å². The molecular formula is C15H11ClFN3O2. The fourth-order valence-electron chi connectivity index (χ4n) is 1.93. The predicted octanol–water partition coefficient (Wildman–Crippen LogP) is 2.98. The molecule has 0 aliphatic rings. The highest BCUT2D eigenvalue weighted by Crippen LogP contribution is 2.21. The molecular weight excluding hydrogens is 309 g/mol. The Morgan fingerprint density at radius 2 is 2.14 bits per heavy atom. The van der Waals surface area contributed by atoms with Crippen molar-refractivity contribution in [3.63, 3.8) is 0 Å². The molecule has 112 valence electrons. The lowest BCUT2D eigenvalue weighted by Crippen LogP contribution is -2.27. The number of para-hydroxylation sites is 2. The van der Waals surface area contributed by atoms with Crippen molar-refractivity contribution in [3.8, 4) is 5.75 Å². The van der Waals surface area contributed by atoms with Crippen LogP contribution in [0.4, 0.5) is 4.39 Å². The first-order valence-electron chi connectivity index (χ1n) is 6.43. The van der Waals surface area contributed by atoms with E-state index in [1.165, 1.54) is 29.2 Å². The van der Waals surface area contributed by atoms with E-state index in [0.29, 0.717) is 5.75 Å². The van der Waals surface area contributed by atoms with Gasteiger partial charge in [0.05, 0.1) is 16.1 Å². The van der Waals surface area contributed by atoms with E-state index in [9.17, 15) is 9.18 Å². The molecule has 1 aromatic heterocycles. The van der Waals surface area contributed by atoms with Crippen LogP contribution in [0, 0.1) is 5.82 Å². The van der Waals surface area contributed by atoms with Crippen LogP contribution in [0.25, 0.3) is 11.0 Å². The van der Waals surface area contributed by atoms with Crippen LogP contribution in [0.15, 0.2) is 48.8 Å². The van der Waals surface area contributed by atoms with Crippen molar-refractivity contribution >= 4 is 28.5 Å². The summed E-state index contributed by atoms with van der Waals surface area (Å²) in [6, 6.07) is 11.3. The Balaban J connectivity index is 1.64. The number of ether oxygens (including phenoxy) is 1. The molecule has 3 aromatic rings. The van der Waals surface area contributed by atoms with Crippen LogP contribution >= 0.6 is 11.6 Å². The van der Waals surface area contributed by atoms with Crippen LogP contribution < -0.4 is 10.2 Å². The molecule has 0 bridgehead atoms. The summed E-state index contributed by atoms with van der Waals surface area (Å²) in [4.78, 5) is 16.0. The maximum atomic E-state index is 13.0. The summed E-state index contributed by atoms with van der Waals surface area (Å²) >= 11 is 5.64. The van der Waals surface area contributed by atoms with Crippen molar-refractivity contribution in [2.24, 2.45) is 0 Å². The summed E-state index contributed by atoms with van der Waals surface area (Å²) in [5, 5.41) is -0.0569. The maximum Gasteiger partial charge on any atom is 0.276 e. The van der Waals surface area contributed by atoms with E-state index in [1.807, 2.05) is 24.3 Å². The Labute approximate surface area is 130 Å². The van der Waals surface area contributed by atoms with Crippen LogP contribution in [0.1, 0.15) is 0 Å². The van der Waals surface area contributed by atoms with Gasteiger partial charge in [0.15, 0.2) is 6.61 Å². The van der Waals surface area contributed by atoms with Crippen LogP contribution in [-0.4, -0.2) is 22.2 Å². The summed E-state index contributed by atoms with van der Waals surface area (Å²) in [7, 11) is 0. The Morgan fingerprint density at radius 1 is 1.32 bits per heavy atom. The van der Waals surface area contributed by atoms with E-state index in [2.05, 4.69) is 10.4 Å². The highest BCUT2D eigenvalue weighted by Gasteiger charge is 2.08. The number of imidazole rings is 1. The number of carbonyl (C=O) groups is 1. The van der Waals surface area contributed by atoms with Crippen LogP contribution in [-0.2, 0) is 4.79 Å².